The number of nitrogens with zero attached hydrogens (tertiary/aromatic N) is 2. The fourth-order valence-electron chi connectivity index (χ4n) is 3.17. The van der Waals surface area contributed by atoms with Crippen LogP contribution in [-0.4, -0.2) is 29.2 Å². The predicted molar refractivity (Wildman–Crippen MR) is 82.2 cm³/mol. The van der Waals surface area contributed by atoms with Crippen molar-refractivity contribution in [1.82, 2.24) is 9.55 Å². The molecule has 2 rings (SSSR count). The molecule has 1 saturated heterocycles. The summed E-state index contributed by atoms with van der Waals surface area (Å²) in [5.41, 5.74) is -0.637. The van der Waals surface area contributed by atoms with E-state index in [-0.39, 0.29) is 22.3 Å². The molecule has 1 aliphatic rings. The minimum Gasteiger partial charge on any atom is -0.367 e. The molecule has 1 unspecified atom stereocenters. The van der Waals surface area contributed by atoms with E-state index in [9.17, 15) is 8.42 Å². The van der Waals surface area contributed by atoms with E-state index >= 15 is 0 Å². The van der Waals surface area contributed by atoms with Gasteiger partial charge < -0.3 is 9.30 Å². The Morgan fingerprint density at radius 3 is 2.48 bits per heavy atom. The highest BCUT2D eigenvalue weighted by atomic mass is 35.7. The Bertz CT molecular complexity index is 635. The third kappa shape index (κ3) is 3.43. The maximum atomic E-state index is 11.6. The number of hydrogen-bond donors (Lipinski definition) is 0. The SMILES string of the molecule is CCCc1nc(S(=O)(=O)Cl)cn1C1CC(C)(C)OC1(C)C. The summed E-state index contributed by atoms with van der Waals surface area (Å²) in [6.45, 7) is 10.2. The van der Waals surface area contributed by atoms with Gasteiger partial charge in [-0.25, -0.2) is 13.4 Å². The van der Waals surface area contributed by atoms with Gasteiger partial charge in [0, 0.05) is 23.3 Å². The smallest absolute Gasteiger partial charge is 0.280 e. The van der Waals surface area contributed by atoms with Gasteiger partial charge >= 0.3 is 0 Å². The van der Waals surface area contributed by atoms with Crippen LogP contribution in [0.25, 0.3) is 0 Å². The van der Waals surface area contributed by atoms with E-state index in [4.69, 9.17) is 15.4 Å². The molecule has 0 bridgehead atoms. The molecule has 21 heavy (non-hydrogen) atoms. The summed E-state index contributed by atoms with van der Waals surface area (Å²) in [5, 5.41) is -0.0758. The first-order valence-electron chi connectivity index (χ1n) is 7.19. The third-order valence-corrected chi connectivity index (χ3v) is 5.04. The number of hydrogen-bond acceptors (Lipinski definition) is 4. The average Bonchev–Trinajstić information content (AvgIpc) is 2.76. The van der Waals surface area contributed by atoms with Crippen LogP contribution in [-0.2, 0) is 20.2 Å². The largest absolute Gasteiger partial charge is 0.367 e. The first kappa shape index (κ1) is 16.8. The van der Waals surface area contributed by atoms with Crippen molar-refractivity contribution in [3.8, 4) is 0 Å². The van der Waals surface area contributed by atoms with E-state index in [1.807, 2.05) is 39.2 Å². The number of rotatable bonds is 4. The second kappa shape index (κ2) is 5.25. The van der Waals surface area contributed by atoms with Gasteiger partial charge in [0.05, 0.1) is 17.2 Å². The second-order valence-electron chi connectivity index (χ2n) is 6.78. The number of aryl methyl sites for hydroxylation is 1. The fourth-order valence-corrected chi connectivity index (χ4v) is 3.85. The quantitative estimate of drug-likeness (QED) is 0.793. The normalized spacial score (nSPS) is 24.4. The summed E-state index contributed by atoms with van der Waals surface area (Å²) >= 11 is 0. The Hall–Kier alpha value is -0.590. The lowest BCUT2D eigenvalue weighted by atomic mass is 9.94. The zero-order valence-corrected chi connectivity index (χ0v) is 14.8. The van der Waals surface area contributed by atoms with E-state index in [2.05, 4.69) is 4.98 Å². The Kier molecular flexibility index (Phi) is 4.19. The molecule has 1 aliphatic heterocycles. The molecule has 1 atom stereocenters. The van der Waals surface area contributed by atoms with Crippen LogP contribution in [0.1, 0.15) is 59.3 Å². The van der Waals surface area contributed by atoms with Gasteiger partial charge in [0.25, 0.3) is 9.05 Å². The van der Waals surface area contributed by atoms with Gasteiger partial charge in [-0.05, 0) is 40.5 Å². The number of imidazole rings is 1. The highest BCUT2D eigenvalue weighted by Crippen LogP contribution is 2.45. The van der Waals surface area contributed by atoms with E-state index in [0.29, 0.717) is 6.42 Å². The van der Waals surface area contributed by atoms with Crippen LogP contribution < -0.4 is 0 Å². The molecule has 0 radical (unpaired) electrons. The van der Waals surface area contributed by atoms with Crippen LogP contribution in [0.3, 0.4) is 0 Å². The minimum absolute atomic E-state index is 0.0358. The molecule has 0 spiro atoms. The molecule has 2 heterocycles. The molecule has 1 aromatic rings. The Morgan fingerprint density at radius 2 is 2.05 bits per heavy atom. The summed E-state index contributed by atoms with van der Waals surface area (Å²) in [6, 6.07) is 0.0358. The van der Waals surface area contributed by atoms with Crippen molar-refractivity contribution in [2.24, 2.45) is 0 Å². The molecular weight excluding hydrogens is 312 g/mol. The van der Waals surface area contributed by atoms with Gasteiger partial charge in [-0.15, -0.1) is 0 Å². The summed E-state index contributed by atoms with van der Waals surface area (Å²) in [4.78, 5) is 4.22. The third-order valence-electron chi connectivity index (χ3n) is 3.87. The molecule has 1 aromatic heterocycles. The summed E-state index contributed by atoms with van der Waals surface area (Å²) < 4.78 is 31.2. The summed E-state index contributed by atoms with van der Waals surface area (Å²) in [7, 11) is 1.62. The van der Waals surface area contributed by atoms with E-state index < -0.39 is 9.05 Å². The van der Waals surface area contributed by atoms with Crippen molar-refractivity contribution < 1.29 is 13.2 Å². The van der Waals surface area contributed by atoms with Gasteiger partial charge in [-0.3, -0.25) is 0 Å². The van der Waals surface area contributed by atoms with Crippen LogP contribution in [0.5, 0.6) is 0 Å². The van der Waals surface area contributed by atoms with Gasteiger partial charge in [0.15, 0.2) is 5.03 Å². The van der Waals surface area contributed by atoms with Crippen LogP contribution in [0.15, 0.2) is 11.2 Å². The predicted octanol–water partition coefficient (Wildman–Crippen LogP) is 3.28. The fraction of sp³-hybridized carbons (Fsp3) is 0.786. The van der Waals surface area contributed by atoms with Gasteiger partial charge in [0.1, 0.15) is 5.82 Å². The summed E-state index contributed by atoms with van der Waals surface area (Å²) in [6.07, 6.45) is 3.94. The molecule has 120 valence electrons. The second-order valence-corrected chi connectivity index (χ2v) is 9.29. The molecule has 5 nitrogen and oxygen atoms in total. The molecule has 0 aliphatic carbocycles. The van der Waals surface area contributed by atoms with E-state index in [1.165, 1.54) is 0 Å². The van der Waals surface area contributed by atoms with Crippen molar-refractivity contribution in [1.29, 1.82) is 0 Å². The Labute approximate surface area is 131 Å². The van der Waals surface area contributed by atoms with Crippen LogP contribution in [0.2, 0.25) is 0 Å². The van der Waals surface area contributed by atoms with Gasteiger partial charge in [0.2, 0.25) is 0 Å². The molecule has 0 N–H and O–H groups in total. The molecule has 1 fully saturated rings. The van der Waals surface area contributed by atoms with Crippen LogP contribution in [0, 0.1) is 0 Å². The first-order chi connectivity index (χ1) is 9.46. The monoisotopic (exact) mass is 334 g/mol. The van der Waals surface area contributed by atoms with Gasteiger partial charge in [-0.1, -0.05) is 6.92 Å². The first-order valence-corrected chi connectivity index (χ1v) is 9.50. The highest BCUT2D eigenvalue weighted by Gasteiger charge is 2.47. The van der Waals surface area contributed by atoms with E-state index in [1.54, 1.807) is 6.20 Å². The Balaban J connectivity index is 2.50. The van der Waals surface area contributed by atoms with Gasteiger partial charge in [-0.2, -0.15) is 0 Å². The average molecular weight is 335 g/mol. The van der Waals surface area contributed by atoms with Crippen molar-refractivity contribution in [3.05, 3.63) is 12.0 Å². The van der Waals surface area contributed by atoms with Crippen molar-refractivity contribution in [2.75, 3.05) is 0 Å². The zero-order valence-electron chi connectivity index (χ0n) is 13.2. The standard InChI is InChI=1S/C14H23ClN2O3S/c1-6-7-11-16-12(21(15,18)19)9-17(11)10-8-13(2,3)20-14(10,4)5/h9-10H,6-8H2,1-5H3. The lowest BCUT2D eigenvalue weighted by molar-refractivity contribution is -0.0731. The highest BCUT2D eigenvalue weighted by molar-refractivity contribution is 8.13. The lowest BCUT2D eigenvalue weighted by Crippen LogP contribution is -2.31. The number of halogens is 1. The maximum Gasteiger partial charge on any atom is 0.280 e. The number of ether oxygens (including phenoxy) is 1. The van der Waals surface area contributed by atoms with Crippen molar-refractivity contribution >= 4 is 19.7 Å². The molecular formula is C14H23ClN2O3S. The van der Waals surface area contributed by atoms with Crippen molar-refractivity contribution in [2.45, 2.75) is 76.2 Å². The molecule has 0 saturated carbocycles. The van der Waals surface area contributed by atoms with E-state index in [0.717, 1.165) is 18.7 Å². The van der Waals surface area contributed by atoms with Crippen LogP contribution >= 0.6 is 10.7 Å². The number of aromatic nitrogens is 2. The molecule has 0 amide bonds. The lowest BCUT2D eigenvalue weighted by Gasteiger charge is -2.28. The topological polar surface area (TPSA) is 61.2 Å². The Morgan fingerprint density at radius 1 is 1.43 bits per heavy atom. The minimum atomic E-state index is -3.82. The van der Waals surface area contributed by atoms with Crippen molar-refractivity contribution in [3.63, 3.8) is 0 Å². The van der Waals surface area contributed by atoms with Crippen LogP contribution in [0.4, 0.5) is 0 Å². The molecule has 0 aromatic carbocycles. The molecule has 7 heteroatoms. The maximum absolute atomic E-state index is 11.6. The zero-order chi connectivity index (χ0) is 16.1. The summed E-state index contributed by atoms with van der Waals surface area (Å²) in [5.74, 6) is 0.746.